The summed E-state index contributed by atoms with van der Waals surface area (Å²) in [5, 5.41) is 7.25. The minimum Gasteiger partial charge on any atom is -0.444 e. The third kappa shape index (κ3) is 7.58. The van der Waals surface area contributed by atoms with Gasteiger partial charge in [0.15, 0.2) is 0 Å². The molecule has 2 N–H and O–H groups in total. The van der Waals surface area contributed by atoms with E-state index in [9.17, 15) is 9.59 Å². The van der Waals surface area contributed by atoms with E-state index in [-0.39, 0.29) is 12.5 Å². The number of alkyl carbamates (subject to hydrolysis) is 1. The van der Waals surface area contributed by atoms with E-state index in [1.54, 1.807) is 38.2 Å². The normalized spacial score (nSPS) is 11.3. The number of nitrogens with one attached hydrogen (secondary N) is 2. The quantitative estimate of drug-likeness (QED) is 0.820. The van der Waals surface area contributed by atoms with Crippen molar-refractivity contribution in [2.45, 2.75) is 32.9 Å². The Balaban J connectivity index is 2.17. The number of rotatable bonds is 5. The predicted octanol–water partition coefficient (Wildman–Crippen LogP) is 2.45. The predicted molar refractivity (Wildman–Crippen MR) is 79.5 cm³/mol. The van der Waals surface area contributed by atoms with Gasteiger partial charge in [0, 0.05) is 17.5 Å². The molecular weight excluding hydrogens is 276 g/mol. The van der Waals surface area contributed by atoms with Crippen LogP contribution in [0.25, 0.3) is 0 Å². The summed E-state index contributed by atoms with van der Waals surface area (Å²) in [6.07, 6.45) is 2.47. The standard InChI is InChI=1S/C14H20N2O3S/c1-14(2,3)19-13(18)15-8-4-7-12(17)16-10-11-6-5-9-20-11/h4-7,9H,8,10H2,1-3H3,(H,15,18)(H,16,17). The van der Waals surface area contributed by atoms with Crippen LogP contribution >= 0.6 is 11.3 Å². The zero-order chi connectivity index (χ0) is 15.0. The first-order valence-corrected chi connectivity index (χ1v) is 7.18. The highest BCUT2D eigenvalue weighted by molar-refractivity contribution is 7.09. The van der Waals surface area contributed by atoms with Crippen LogP contribution in [0.15, 0.2) is 29.7 Å². The number of amides is 2. The van der Waals surface area contributed by atoms with Gasteiger partial charge in [0.05, 0.1) is 6.54 Å². The highest BCUT2D eigenvalue weighted by Gasteiger charge is 2.14. The second-order valence-electron chi connectivity index (χ2n) is 5.08. The van der Waals surface area contributed by atoms with Crippen molar-refractivity contribution in [2.75, 3.05) is 6.54 Å². The maximum atomic E-state index is 11.5. The smallest absolute Gasteiger partial charge is 0.407 e. The molecule has 6 heteroatoms. The fourth-order valence-corrected chi connectivity index (χ4v) is 1.91. The molecule has 0 spiro atoms. The van der Waals surface area contributed by atoms with Crippen LogP contribution < -0.4 is 10.6 Å². The van der Waals surface area contributed by atoms with Crippen molar-refractivity contribution < 1.29 is 14.3 Å². The molecule has 0 aromatic carbocycles. The first-order chi connectivity index (χ1) is 9.37. The van der Waals surface area contributed by atoms with Crippen LogP contribution in [-0.2, 0) is 16.1 Å². The number of ether oxygens (including phenoxy) is 1. The van der Waals surface area contributed by atoms with Gasteiger partial charge in [-0.1, -0.05) is 12.1 Å². The third-order valence-electron chi connectivity index (χ3n) is 2.05. The van der Waals surface area contributed by atoms with Gasteiger partial charge >= 0.3 is 6.09 Å². The molecule has 1 aromatic heterocycles. The molecular formula is C14H20N2O3S. The molecule has 1 rings (SSSR count). The first-order valence-electron chi connectivity index (χ1n) is 6.30. The van der Waals surface area contributed by atoms with Crippen molar-refractivity contribution in [3.63, 3.8) is 0 Å². The molecule has 1 aromatic rings. The molecule has 1 heterocycles. The van der Waals surface area contributed by atoms with E-state index in [1.807, 2.05) is 17.5 Å². The van der Waals surface area contributed by atoms with Gasteiger partial charge in [0.25, 0.3) is 0 Å². The van der Waals surface area contributed by atoms with E-state index in [2.05, 4.69) is 10.6 Å². The maximum Gasteiger partial charge on any atom is 0.407 e. The topological polar surface area (TPSA) is 67.4 Å². The van der Waals surface area contributed by atoms with Gasteiger partial charge < -0.3 is 15.4 Å². The van der Waals surface area contributed by atoms with Crippen molar-refractivity contribution in [3.8, 4) is 0 Å². The molecule has 0 saturated heterocycles. The molecule has 0 radical (unpaired) electrons. The lowest BCUT2D eigenvalue weighted by atomic mass is 10.2. The Morgan fingerprint density at radius 2 is 2.10 bits per heavy atom. The number of hydrogen-bond donors (Lipinski definition) is 2. The highest BCUT2D eigenvalue weighted by atomic mass is 32.1. The van der Waals surface area contributed by atoms with Crippen LogP contribution in [0, 0.1) is 0 Å². The van der Waals surface area contributed by atoms with E-state index < -0.39 is 11.7 Å². The van der Waals surface area contributed by atoms with Gasteiger partial charge in [-0.2, -0.15) is 0 Å². The largest absolute Gasteiger partial charge is 0.444 e. The number of carbonyl (C=O) groups excluding carboxylic acids is 2. The Morgan fingerprint density at radius 1 is 1.35 bits per heavy atom. The average molecular weight is 296 g/mol. The number of thiophene rings is 1. The molecule has 0 saturated carbocycles. The summed E-state index contributed by atoms with van der Waals surface area (Å²) < 4.78 is 5.06. The Hall–Kier alpha value is -1.82. The maximum absolute atomic E-state index is 11.5. The first kappa shape index (κ1) is 16.2. The van der Waals surface area contributed by atoms with Crippen LogP contribution in [-0.4, -0.2) is 24.1 Å². The minimum absolute atomic E-state index is 0.190. The zero-order valence-electron chi connectivity index (χ0n) is 11.9. The molecule has 0 unspecified atom stereocenters. The average Bonchev–Trinajstić information content (AvgIpc) is 2.83. The third-order valence-corrected chi connectivity index (χ3v) is 2.93. The Bertz CT molecular complexity index is 461. The molecule has 20 heavy (non-hydrogen) atoms. The summed E-state index contributed by atoms with van der Waals surface area (Å²) >= 11 is 1.59. The van der Waals surface area contributed by atoms with E-state index in [1.165, 1.54) is 6.08 Å². The second kappa shape index (κ2) is 7.69. The van der Waals surface area contributed by atoms with Gasteiger partial charge in [-0.05, 0) is 32.2 Å². The molecule has 5 nitrogen and oxygen atoms in total. The fourth-order valence-electron chi connectivity index (χ4n) is 1.27. The molecule has 0 atom stereocenters. The van der Waals surface area contributed by atoms with Crippen LogP contribution in [0.1, 0.15) is 25.6 Å². The number of hydrogen-bond acceptors (Lipinski definition) is 4. The van der Waals surface area contributed by atoms with Crippen LogP contribution in [0.5, 0.6) is 0 Å². The Labute approximate surface area is 123 Å². The lowest BCUT2D eigenvalue weighted by Gasteiger charge is -2.19. The molecule has 2 amide bonds. The van der Waals surface area contributed by atoms with E-state index >= 15 is 0 Å². The van der Waals surface area contributed by atoms with Crippen LogP contribution in [0.4, 0.5) is 4.79 Å². The van der Waals surface area contributed by atoms with Gasteiger partial charge in [0.1, 0.15) is 5.60 Å². The molecule has 0 aliphatic heterocycles. The summed E-state index contributed by atoms with van der Waals surface area (Å²) in [6, 6.07) is 3.89. The Morgan fingerprint density at radius 3 is 2.70 bits per heavy atom. The fraction of sp³-hybridized carbons (Fsp3) is 0.429. The molecule has 0 aliphatic rings. The van der Waals surface area contributed by atoms with Crippen LogP contribution in [0.2, 0.25) is 0 Å². The minimum atomic E-state index is -0.522. The lowest BCUT2D eigenvalue weighted by Crippen LogP contribution is -2.32. The molecule has 0 bridgehead atoms. The van der Waals surface area contributed by atoms with E-state index in [0.29, 0.717) is 6.54 Å². The highest BCUT2D eigenvalue weighted by Crippen LogP contribution is 2.07. The van der Waals surface area contributed by atoms with Crippen molar-refractivity contribution in [2.24, 2.45) is 0 Å². The second-order valence-corrected chi connectivity index (χ2v) is 6.11. The van der Waals surface area contributed by atoms with Crippen LogP contribution in [0.3, 0.4) is 0 Å². The molecule has 110 valence electrons. The molecule has 0 aliphatic carbocycles. The summed E-state index contributed by atoms with van der Waals surface area (Å²) in [4.78, 5) is 23.9. The summed E-state index contributed by atoms with van der Waals surface area (Å²) in [7, 11) is 0. The van der Waals surface area contributed by atoms with Gasteiger partial charge in [-0.25, -0.2) is 4.79 Å². The summed E-state index contributed by atoms with van der Waals surface area (Å²) in [5.74, 6) is -0.190. The van der Waals surface area contributed by atoms with Gasteiger partial charge in [0.2, 0.25) is 5.91 Å². The van der Waals surface area contributed by atoms with E-state index in [4.69, 9.17) is 4.74 Å². The lowest BCUT2D eigenvalue weighted by molar-refractivity contribution is -0.116. The van der Waals surface area contributed by atoms with E-state index in [0.717, 1.165) is 4.88 Å². The van der Waals surface area contributed by atoms with Crippen molar-refractivity contribution in [3.05, 3.63) is 34.5 Å². The number of carbonyl (C=O) groups is 2. The van der Waals surface area contributed by atoms with Gasteiger partial charge in [-0.15, -0.1) is 11.3 Å². The SMILES string of the molecule is CC(C)(C)OC(=O)NCC=CC(=O)NCc1cccs1. The van der Waals surface area contributed by atoms with Gasteiger partial charge in [-0.3, -0.25) is 4.79 Å². The molecule has 0 fully saturated rings. The van der Waals surface area contributed by atoms with Crippen molar-refractivity contribution >= 4 is 23.3 Å². The summed E-state index contributed by atoms with van der Waals surface area (Å²) in [5.41, 5.74) is -0.522. The zero-order valence-corrected chi connectivity index (χ0v) is 12.8. The summed E-state index contributed by atoms with van der Waals surface area (Å²) in [6.45, 7) is 6.14. The van der Waals surface area contributed by atoms with Crippen molar-refractivity contribution in [1.29, 1.82) is 0 Å². The Kier molecular flexibility index (Phi) is 6.24. The monoisotopic (exact) mass is 296 g/mol. The van der Waals surface area contributed by atoms with Crippen molar-refractivity contribution in [1.82, 2.24) is 10.6 Å².